The molecule has 8 nitrogen and oxygen atoms in total. The number of carbonyl (C=O) groups is 1. The summed E-state index contributed by atoms with van der Waals surface area (Å²) < 4.78 is 12.6. The average Bonchev–Trinajstić information content (AvgIpc) is 3.35. The van der Waals surface area contributed by atoms with Crippen molar-refractivity contribution >= 4 is 28.4 Å². The molecule has 0 saturated carbocycles. The Hall–Kier alpha value is -2.87. The summed E-state index contributed by atoms with van der Waals surface area (Å²) in [6.45, 7) is 1.23. The molecule has 3 aromatic rings. The maximum absolute atomic E-state index is 12.9. The molecule has 1 amide bonds. The molecule has 1 aromatic carbocycles. The van der Waals surface area contributed by atoms with Gasteiger partial charge < -0.3 is 20.1 Å². The monoisotopic (exact) mass is 339 g/mol. The second-order valence-corrected chi connectivity index (χ2v) is 6.45. The number of methoxy groups -OCH3 is 1. The number of para-hydroxylation sites is 1. The number of nitrogens with zero attached hydrogens (tertiary/aromatic N) is 4. The highest BCUT2D eigenvalue weighted by Crippen LogP contribution is 2.31. The van der Waals surface area contributed by atoms with Crippen LogP contribution in [0.5, 0.6) is 5.75 Å². The Kier molecular flexibility index (Phi) is 2.93. The van der Waals surface area contributed by atoms with E-state index in [4.69, 9.17) is 15.2 Å². The van der Waals surface area contributed by atoms with Crippen molar-refractivity contribution in [1.82, 2.24) is 19.3 Å². The first-order chi connectivity index (χ1) is 12.2. The summed E-state index contributed by atoms with van der Waals surface area (Å²) in [5.74, 6) is 0.802. The van der Waals surface area contributed by atoms with Gasteiger partial charge in [-0.1, -0.05) is 6.07 Å². The van der Waals surface area contributed by atoms with E-state index in [1.54, 1.807) is 17.7 Å². The molecule has 4 heterocycles. The van der Waals surface area contributed by atoms with Gasteiger partial charge >= 0.3 is 0 Å². The number of nitrogen functional groups attached to an aromatic ring is 1. The number of fused-ring (bicyclic) bond motifs is 5. The minimum Gasteiger partial charge on any atom is -0.494 e. The van der Waals surface area contributed by atoms with E-state index in [0.717, 1.165) is 11.8 Å². The quantitative estimate of drug-likeness (QED) is 0.751. The van der Waals surface area contributed by atoms with Gasteiger partial charge in [-0.05, 0) is 18.6 Å². The summed E-state index contributed by atoms with van der Waals surface area (Å²) in [5.41, 5.74) is 7.69. The standard InChI is InChI=1S/C17H17N5O3/c1-24-13-4-2-3-11-14(13)20-17(18)22-7-12(19-15(11)22)16(23)21-6-10-5-9(21)8-25-10/h2-4,7,9-10H,5-6,8H2,1H3,(H2,18,20)/t9-,10-/m0/s1. The highest BCUT2D eigenvalue weighted by atomic mass is 16.5. The normalized spacial score (nSPS) is 22.2. The number of carbonyl (C=O) groups excluding carboxylic acids is 1. The van der Waals surface area contributed by atoms with E-state index in [9.17, 15) is 4.79 Å². The van der Waals surface area contributed by atoms with Crippen LogP contribution < -0.4 is 10.5 Å². The van der Waals surface area contributed by atoms with Crippen LogP contribution in [0.4, 0.5) is 5.95 Å². The fraction of sp³-hybridized carbons (Fsp3) is 0.353. The van der Waals surface area contributed by atoms with Crippen LogP contribution in [-0.4, -0.2) is 57.6 Å². The Labute approximate surface area is 143 Å². The van der Waals surface area contributed by atoms with Gasteiger partial charge in [-0.15, -0.1) is 0 Å². The van der Waals surface area contributed by atoms with E-state index in [-0.39, 0.29) is 24.0 Å². The van der Waals surface area contributed by atoms with Crippen molar-refractivity contribution in [3.63, 3.8) is 0 Å². The third kappa shape index (κ3) is 2.00. The van der Waals surface area contributed by atoms with Crippen LogP contribution >= 0.6 is 0 Å². The molecule has 2 aromatic heterocycles. The van der Waals surface area contributed by atoms with Crippen molar-refractivity contribution < 1.29 is 14.3 Å². The van der Waals surface area contributed by atoms with Gasteiger partial charge in [0.1, 0.15) is 22.6 Å². The number of nitrogens with two attached hydrogens (primary N) is 1. The van der Waals surface area contributed by atoms with Crippen LogP contribution in [0.15, 0.2) is 24.4 Å². The first-order valence-electron chi connectivity index (χ1n) is 8.19. The van der Waals surface area contributed by atoms with Crippen LogP contribution in [0, 0.1) is 0 Å². The number of aromatic nitrogens is 3. The Morgan fingerprint density at radius 3 is 3.00 bits per heavy atom. The van der Waals surface area contributed by atoms with Crippen LogP contribution in [0.2, 0.25) is 0 Å². The van der Waals surface area contributed by atoms with Gasteiger partial charge in [0.05, 0.1) is 25.9 Å². The molecule has 2 aliphatic heterocycles. The minimum absolute atomic E-state index is 0.0880. The zero-order chi connectivity index (χ0) is 17.1. The number of hydrogen-bond acceptors (Lipinski definition) is 6. The Morgan fingerprint density at radius 1 is 1.40 bits per heavy atom. The molecule has 0 aliphatic carbocycles. The summed E-state index contributed by atoms with van der Waals surface area (Å²) in [4.78, 5) is 23.7. The van der Waals surface area contributed by atoms with Gasteiger partial charge in [-0.2, -0.15) is 0 Å². The minimum atomic E-state index is -0.0880. The Bertz CT molecular complexity index is 1010. The Balaban J connectivity index is 1.65. The van der Waals surface area contributed by atoms with Crippen molar-refractivity contribution in [2.75, 3.05) is 26.0 Å². The molecule has 2 atom stereocenters. The molecular weight excluding hydrogens is 322 g/mol. The molecule has 2 bridgehead atoms. The summed E-state index contributed by atoms with van der Waals surface area (Å²) in [7, 11) is 1.59. The lowest BCUT2D eigenvalue weighted by Crippen LogP contribution is -2.41. The lowest BCUT2D eigenvalue weighted by molar-refractivity contribution is 0.0256. The predicted octanol–water partition coefficient (Wildman–Crippen LogP) is 1.09. The van der Waals surface area contributed by atoms with E-state index in [1.165, 1.54) is 0 Å². The van der Waals surface area contributed by atoms with Crippen molar-refractivity contribution in [3.05, 3.63) is 30.1 Å². The van der Waals surface area contributed by atoms with Gasteiger partial charge in [0, 0.05) is 18.1 Å². The van der Waals surface area contributed by atoms with E-state index in [2.05, 4.69) is 9.97 Å². The molecule has 5 rings (SSSR count). The lowest BCUT2D eigenvalue weighted by atomic mass is 10.2. The number of hydrogen-bond donors (Lipinski definition) is 1. The molecule has 128 valence electrons. The van der Waals surface area contributed by atoms with Gasteiger partial charge in [-0.3, -0.25) is 9.20 Å². The Morgan fingerprint density at radius 2 is 2.28 bits per heavy atom. The second kappa shape index (κ2) is 5.06. The lowest BCUT2D eigenvalue weighted by Gasteiger charge is -2.25. The molecule has 2 N–H and O–H groups in total. The number of amides is 1. The zero-order valence-electron chi connectivity index (χ0n) is 13.7. The fourth-order valence-electron chi connectivity index (χ4n) is 3.79. The molecule has 25 heavy (non-hydrogen) atoms. The van der Waals surface area contributed by atoms with Crippen molar-refractivity contribution in [2.45, 2.75) is 18.6 Å². The summed E-state index contributed by atoms with van der Waals surface area (Å²) in [6.07, 6.45) is 2.72. The summed E-state index contributed by atoms with van der Waals surface area (Å²) in [5, 5.41) is 0.791. The van der Waals surface area contributed by atoms with E-state index in [0.29, 0.717) is 35.8 Å². The van der Waals surface area contributed by atoms with Gasteiger partial charge in [0.2, 0.25) is 5.95 Å². The third-order valence-electron chi connectivity index (χ3n) is 5.02. The molecule has 2 aliphatic rings. The fourth-order valence-corrected chi connectivity index (χ4v) is 3.79. The summed E-state index contributed by atoms with van der Waals surface area (Å²) in [6, 6.07) is 5.73. The molecule has 8 heteroatoms. The molecule has 0 spiro atoms. The molecule has 2 saturated heterocycles. The van der Waals surface area contributed by atoms with Crippen molar-refractivity contribution in [3.8, 4) is 5.75 Å². The van der Waals surface area contributed by atoms with Crippen molar-refractivity contribution in [2.24, 2.45) is 0 Å². The first kappa shape index (κ1) is 14.5. The average molecular weight is 339 g/mol. The van der Waals surface area contributed by atoms with E-state index < -0.39 is 0 Å². The smallest absolute Gasteiger partial charge is 0.274 e. The van der Waals surface area contributed by atoms with E-state index >= 15 is 0 Å². The SMILES string of the molecule is COc1cccc2c1nc(N)n1cc(C(=O)N3C[C@@H]4C[C@H]3CO4)nc21. The number of anilines is 1. The van der Waals surface area contributed by atoms with Crippen LogP contribution in [0.1, 0.15) is 16.9 Å². The van der Waals surface area contributed by atoms with Crippen LogP contribution in [-0.2, 0) is 4.74 Å². The zero-order valence-corrected chi connectivity index (χ0v) is 13.7. The molecule has 2 fully saturated rings. The highest BCUT2D eigenvalue weighted by molar-refractivity contribution is 5.99. The van der Waals surface area contributed by atoms with Crippen LogP contribution in [0.25, 0.3) is 16.6 Å². The molecular formula is C17H17N5O3. The maximum atomic E-state index is 12.9. The number of morpholine rings is 1. The first-order valence-corrected chi connectivity index (χ1v) is 8.19. The third-order valence-corrected chi connectivity index (χ3v) is 5.02. The number of likely N-dealkylation sites (tertiary alicyclic amines) is 1. The van der Waals surface area contributed by atoms with Gasteiger partial charge in [0.25, 0.3) is 5.91 Å². The summed E-state index contributed by atoms with van der Waals surface area (Å²) >= 11 is 0. The number of benzene rings is 1. The van der Waals surface area contributed by atoms with Gasteiger partial charge in [-0.25, -0.2) is 9.97 Å². The highest BCUT2D eigenvalue weighted by Gasteiger charge is 2.42. The predicted molar refractivity (Wildman–Crippen MR) is 90.6 cm³/mol. The molecule has 0 unspecified atom stereocenters. The number of rotatable bonds is 2. The topological polar surface area (TPSA) is 95.0 Å². The van der Waals surface area contributed by atoms with E-state index in [1.807, 2.05) is 23.1 Å². The van der Waals surface area contributed by atoms with Crippen molar-refractivity contribution in [1.29, 1.82) is 0 Å². The second-order valence-electron chi connectivity index (χ2n) is 6.45. The maximum Gasteiger partial charge on any atom is 0.274 e. The number of imidazole rings is 1. The van der Waals surface area contributed by atoms with Crippen LogP contribution in [0.3, 0.4) is 0 Å². The molecule has 0 radical (unpaired) electrons. The van der Waals surface area contributed by atoms with Gasteiger partial charge in [0.15, 0.2) is 0 Å². The largest absolute Gasteiger partial charge is 0.494 e. The number of ether oxygens (including phenoxy) is 2.